The van der Waals surface area contributed by atoms with E-state index in [9.17, 15) is 0 Å². The van der Waals surface area contributed by atoms with E-state index in [0.717, 1.165) is 9.13 Å². The zero-order valence-corrected chi connectivity index (χ0v) is 12.0. The summed E-state index contributed by atoms with van der Waals surface area (Å²) in [4.78, 5) is 8.50. The molecule has 17 heavy (non-hydrogen) atoms. The topological polar surface area (TPSA) is 35.0 Å². The van der Waals surface area contributed by atoms with Crippen LogP contribution in [0.1, 0.15) is 17.5 Å². The predicted octanol–water partition coefficient (Wildman–Crippen LogP) is 3.47. The van der Waals surface area contributed by atoms with Gasteiger partial charge in [0.2, 0.25) is 0 Å². The van der Waals surface area contributed by atoms with Gasteiger partial charge < -0.3 is 4.74 Å². The van der Waals surface area contributed by atoms with Crippen LogP contribution in [0.5, 0.6) is 0 Å². The van der Waals surface area contributed by atoms with Gasteiger partial charge in [-0.1, -0.05) is 41.9 Å². The maximum atomic E-state index is 5.99. The molecule has 0 aliphatic heterocycles. The SMILES string of the molecule is COC(c1ccccc1)c1ncc(I)c(Cl)n1. The predicted molar refractivity (Wildman–Crippen MR) is 75.1 cm³/mol. The first-order chi connectivity index (χ1) is 8.22. The van der Waals surface area contributed by atoms with Crippen molar-refractivity contribution in [3.63, 3.8) is 0 Å². The van der Waals surface area contributed by atoms with Gasteiger partial charge in [-0.25, -0.2) is 9.97 Å². The van der Waals surface area contributed by atoms with Gasteiger partial charge in [-0.2, -0.15) is 0 Å². The standard InChI is InChI=1S/C12H10ClIN2O/c1-17-10(8-5-3-2-4-6-8)12-15-7-9(14)11(13)16-12/h2-7,10H,1H3. The third kappa shape index (κ3) is 2.94. The van der Waals surface area contributed by atoms with Crippen LogP contribution in [-0.4, -0.2) is 17.1 Å². The van der Waals surface area contributed by atoms with Crippen molar-refractivity contribution in [2.45, 2.75) is 6.10 Å². The van der Waals surface area contributed by atoms with Gasteiger partial charge in [0.25, 0.3) is 0 Å². The molecule has 0 N–H and O–H groups in total. The first kappa shape index (κ1) is 12.7. The van der Waals surface area contributed by atoms with Crippen LogP contribution in [0.15, 0.2) is 36.5 Å². The monoisotopic (exact) mass is 360 g/mol. The molecule has 1 atom stereocenters. The highest BCUT2D eigenvalue weighted by molar-refractivity contribution is 14.1. The Balaban J connectivity index is 2.39. The summed E-state index contributed by atoms with van der Waals surface area (Å²) >= 11 is 8.08. The number of ether oxygens (including phenoxy) is 1. The molecule has 0 fully saturated rings. The Hall–Kier alpha value is -0.720. The lowest BCUT2D eigenvalue weighted by Gasteiger charge is -2.14. The van der Waals surface area contributed by atoms with Crippen molar-refractivity contribution in [1.82, 2.24) is 9.97 Å². The van der Waals surface area contributed by atoms with Crippen molar-refractivity contribution in [3.05, 3.63) is 56.6 Å². The molecule has 1 unspecified atom stereocenters. The van der Waals surface area contributed by atoms with Gasteiger partial charge in [0, 0.05) is 13.3 Å². The summed E-state index contributed by atoms with van der Waals surface area (Å²) in [5.74, 6) is 0.573. The molecule has 0 aliphatic carbocycles. The van der Waals surface area contributed by atoms with Crippen molar-refractivity contribution in [2.24, 2.45) is 0 Å². The maximum Gasteiger partial charge on any atom is 0.163 e. The van der Waals surface area contributed by atoms with E-state index < -0.39 is 0 Å². The van der Waals surface area contributed by atoms with Crippen molar-refractivity contribution in [1.29, 1.82) is 0 Å². The van der Waals surface area contributed by atoms with Crippen molar-refractivity contribution >= 4 is 34.2 Å². The van der Waals surface area contributed by atoms with E-state index in [1.807, 2.05) is 30.3 Å². The molecule has 0 aliphatic rings. The van der Waals surface area contributed by atoms with Crippen molar-refractivity contribution in [3.8, 4) is 0 Å². The van der Waals surface area contributed by atoms with Gasteiger partial charge in [0.1, 0.15) is 11.3 Å². The molecular formula is C12H10ClIN2O. The van der Waals surface area contributed by atoms with Crippen LogP contribution in [0.25, 0.3) is 0 Å². The molecule has 0 spiro atoms. The average Bonchev–Trinajstić information content (AvgIpc) is 2.36. The summed E-state index contributed by atoms with van der Waals surface area (Å²) in [6.45, 7) is 0. The molecule has 0 amide bonds. The van der Waals surface area contributed by atoms with Gasteiger partial charge in [-0.3, -0.25) is 0 Å². The van der Waals surface area contributed by atoms with Gasteiger partial charge in [0.05, 0.1) is 3.57 Å². The fourth-order valence-electron chi connectivity index (χ4n) is 1.50. The highest BCUT2D eigenvalue weighted by Gasteiger charge is 2.17. The number of hydrogen-bond donors (Lipinski definition) is 0. The zero-order chi connectivity index (χ0) is 12.3. The lowest BCUT2D eigenvalue weighted by molar-refractivity contribution is 0.129. The van der Waals surface area contributed by atoms with Gasteiger partial charge >= 0.3 is 0 Å². The van der Waals surface area contributed by atoms with E-state index in [1.54, 1.807) is 13.3 Å². The van der Waals surface area contributed by atoms with Crippen LogP contribution in [0.2, 0.25) is 5.15 Å². The normalized spacial score (nSPS) is 12.4. The summed E-state index contributed by atoms with van der Waals surface area (Å²) in [5, 5.41) is 0.452. The van der Waals surface area contributed by atoms with E-state index in [0.29, 0.717) is 11.0 Å². The van der Waals surface area contributed by atoms with Crippen LogP contribution in [-0.2, 0) is 4.74 Å². The first-order valence-corrected chi connectivity index (χ1v) is 6.43. The number of hydrogen-bond acceptors (Lipinski definition) is 3. The first-order valence-electron chi connectivity index (χ1n) is 4.98. The summed E-state index contributed by atoms with van der Waals surface area (Å²) < 4.78 is 6.26. The molecule has 0 radical (unpaired) electrons. The maximum absolute atomic E-state index is 5.99. The van der Waals surface area contributed by atoms with Crippen LogP contribution in [0, 0.1) is 3.57 Å². The largest absolute Gasteiger partial charge is 0.369 e. The minimum Gasteiger partial charge on any atom is -0.369 e. The Labute approximate surface area is 118 Å². The average molecular weight is 361 g/mol. The van der Waals surface area contributed by atoms with Gasteiger partial charge in [-0.15, -0.1) is 0 Å². The zero-order valence-electron chi connectivity index (χ0n) is 9.10. The fraction of sp³-hybridized carbons (Fsp3) is 0.167. The van der Waals surface area contributed by atoms with E-state index >= 15 is 0 Å². The lowest BCUT2D eigenvalue weighted by Crippen LogP contribution is -2.08. The number of methoxy groups -OCH3 is 1. The molecule has 2 rings (SSSR count). The molecule has 88 valence electrons. The van der Waals surface area contributed by atoms with Crippen LogP contribution in [0.3, 0.4) is 0 Å². The Bertz CT molecular complexity index is 507. The molecule has 1 heterocycles. The Kier molecular flexibility index (Phi) is 4.31. The van der Waals surface area contributed by atoms with E-state index in [-0.39, 0.29) is 6.10 Å². The van der Waals surface area contributed by atoms with Crippen LogP contribution < -0.4 is 0 Å². The van der Waals surface area contributed by atoms with Gasteiger partial charge in [0.15, 0.2) is 5.82 Å². The second-order valence-corrected chi connectivity index (χ2v) is 4.91. The molecule has 1 aromatic heterocycles. The van der Waals surface area contributed by atoms with Crippen LogP contribution in [0.4, 0.5) is 0 Å². The van der Waals surface area contributed by atoms with E-state index in [1.165, 1.54) is 0 Å². The second kappa shape index (κ2) is 5.75. The Morgan fingerprint density at radius 3 is 2.59 bits per heavy atom. The lowest BCUT2D eigenvalue weighted by atomic mass is 10.1. The number of aromatic nitrogens is 2. The molecule has 3 nitrogen and oxygen atoms in total. The van der Waals surface area contributed by atoms with Gasteiger partial charge in [-0.05, 0) is 28.2 Å². The minimum atomic E-state index is -0.286. The van der Waals surface area contributed by atoms with E-state index in [4.69, 9.17) is 16.3 Å². The quantitative estimate of drug-likeness (QED) is 0.621. The molecule has 0 saturated heterocycles. The smallest absolute Gasteiger partial charge is 0.163 e. The second-order valence-electron chi connectivity index (χ2n) is 3.39. The summed E-state index contributed by atoms with van der Waals surface area (Å²) in [6.07, 6.45) is 1.41. The number of nitrogens with zero attached hydrogens (tertiary/aromatic N) is 2. The van der Waals surface area contributed by atoms with Crippen molar-refractivity contribution in [2.75, 3.05) is 7.11 Å². The fourth-order valence-corrected chi connectivity index (χ4v) is 1.90. The summed E-state index contributed by atoms with van der Waals surface area (Å²) in [7, 11) is 1.63. The Morgan fingerprint density at radius 1 is 1.29 bits per heavy atom. The van der Waals surface area contributed by atoms with Crippen LogP contribution >= 0.6 is 34.2 Å². The Morgan fingerprint density at radius 2 is 2.00 bits per heavy atom. The third-order valence-corrected chi connectivity index (χ3v) is 3.69. The summed E-state index contributed by atoms with van der Waals surface area (Å²) in [6, 6.07) is 9.82. The molecule has 0 bridgehead atoms. The molecule has 2 aromatic rings. The van der Waals surface area contributed by atoms with E-state index in [2.05, 4.69) is 32.6 Å². The third-order valence-electron chi connectivity index (χ3n) is 2.29. The highest BCUT2D eigenvalue weighted by Crippen LogP contribution is 2.24. The molecule has 1 aromatic carbocycles. The molecular weight excluding hydrogens is 351 g/mol. The molecule has 0 saturated carbocycles. The number of benzene rings is 1. The summed E-state index contributed by atoms with van der Waals surface area (Å²) in [5.41, 5.74) is 1.01. The number of rotatable bonds is 3. The highest BCUT2D eigenvalue weighted by atomic mass is 127. The number of halogens is 2. The molecule has 5 heteroatoms. The van der Waals surface area contributed by atoms with Crippen molar-refractivity contribution < 1.29 is 4.74 Å². The minimum absolute atomic E-state index is 0.286.